The van der Waals surface area contributed by atoms with E-state index in [1.54, 1.807) is 0 Å². The first-order valence-electron chi connectivity index (χ1n) is 3.41. The Balaban J connectivity index is -0.0000000720. The zero-order valence-corrected chi connectivity index (χ0v) is 6.95. The molecule has 0 aromatic heterocycles. The zero-order valence-electron chi connectivity index (χ0n) is 6.95. The van der Waals surface area contributed by atoms with Gasteiger partial charge in [0.15, 0.2) is 0 Å². The molecular weight excluding hydrogens is 105 g/mol. The second kappa shape index (κ2) is 24.2. The van der Waals surface area contributed by atoms with Crippen molar-refractivity contribution in [2.75, 3.05) is 0 Å². The molecule has 0 amide bonds. The number of unbranched alkanes of at least 4 members (excludes halogenated alkanes) is 2. The minimum absolute atomic E-state index is 0. The van der Waals surface area contributed by atoms with Crippen LogP contribution in [0.1, 0.15) is 39.5 Å². The van der Waals surface area contributed by atoms with E-state index in [2.05, 4.69) is 27.7 Å². The first-order chi connectivity index (χ1) is 3.83. The van der Waals surface area contributed by atoms with Gasteiger partial charge in [-0.05, 0) is 0 Å². The molecule has 0 rings (SSSR count). The summed E-state index contributed by atoms with van der Waals surface area (Å²) in [5.41, 5.74) is 0. The molecule has 0 spiro atoms. The van der Waals surface area contributed by atoms with Crippen LogP contribution in [0.2, 0.25) is 0 Å². The molecule has 0 unspecified atom stereocenters. The third-order valence-corrected chi connectivity index (χ3v) is 0.707. The third kappa shape index (κ3) is 66.1. The van der Waals surface area contributed by atoms with Crippen molar-refractivity contribution in [2.24, 2.45) is 0 Å². The summed E-state index contributed by atoms with van der Waals surface area (Å²) >= 11 is 0. The van der Waals surface area contributed by atoms with Crippen LogP contribution < -0.4 is 0 Å². The van der Waals surface area contributed by atoms with E-state index >= 15 is 0 Å². The average molecular weight is 123 g/mol. The molecule has 0 aliphatic carbocycles. The number of hydrogen-bond acceptors (Lipinski definition) is 0. The fourth-order valence-electron chi connectivity index (χ4n) is 0. The normalized spacial score (nSPS) is 6.67. The van der Waals surface area contributed by atoms with Crippen LogP contribution in [-0.4, -0.2) is 10.1 Å². The van der Waals surface area contributed by atoms with Crippen LogP contribution in [-0.2, 0) is 0 Å². The molecule has 0 heterocycles. The van der Waals surface area contributed by atoms with E-state index in [1.165, 1.54) is 12.8 Å². The van der Waals surface area contributed by atoms with E-state index in [0.717, 1.165) is 12.8 Å². The van der Waals surface area contributed by atoms with Crippen molar-refractivity contribution in [3.05, 3.63) is 13.8 Å². The maximum Gasteiger partial charge on any atom is 2.00 e. The Hall–Kier alpha value is 0.169. The van der Waals surface area contributed by atoms with E-state index in [0.29, 0.717) is 0 Å². The maximum atomic E-state index is 3.60. The van der Waals surface area contributed by atoms with E-state index < -0.39 is 0 Å². The summed E-state index contributed by atoms with van der Waals surface area (Å²) in [6, 6.07) is 0. The Labute approximate surface area is 64.3 Å². The first kappa shape index (κ1) is 16.1. The molecule has 1 heteroatoms. The van der Waals surface area contributed by atoms with Crippen molar-refractivity contribution in [3.8, 4) is 0 Å². The van der Waals surface area contributed by atoms with Gasteiger partial charge in [0.2, 0.25) is 0 Å². The molecular formula is C8H18Be. The predicted molar refractivity (Wildman–Crippen MR) is 46.3 cm³/mol. The number of rotatable bonds is 2. The van der Waals surface area contributed by atoms with Crippen molar-refractivity contribution < 1.29 is 0 Å². The molecule has 0 saturated carbocycles. The van der Waals surface area contributed by atoms with Gasteiger partial charge in [0.1, 0.15) is 0 Å². The van der Waals surface area contributed by atoms with Gasteiger partial charge >= 0.3 is 10.1 Å². The average Bonchev–Trinajstić information content (AvgIpc) is 1.88. The van der Waals surface area contributed by atoms with Gasteiger partial charge in [0.05, 0.1) is 0 Å². The van der Waals surface area contributed by atoms with Crippen LogP contribution in [0.5, 0.6) is 0 Å². The second-order valence-electron chi connectivity index (χ2n) is 1.71. The fourth-order valence-corrected chi connectivity index (χ4v) is 0. The molecule has 0 nitrogen and oxygen atoms in total. The van der Waals surface area contributed by atoms with Crippen molar-refractivity contribution in [1.29, 1.82) is 0 Å². The molecule has 0 fully saturated rings. The molecule has 0 aromatic rings. The SMILES string of the molecule is [Be+2].[CH2-]CCC.[CH2-]CCC. The van der Waals surface area contributed by atoms with Crippen molar-refractivity contribution in [3.63, 3.8) is 0 Å². The van der Waals surface area contributed by atoms with E-state index in [-0.39, 0.29) is 10.1 Å². The smallest absolute Gasteiger partial charge is 0.343 e. The Bertz CT molecular complexity index is 12.5. The quantitative estimate of drug-likeness (QED) is 0.391. The molecule has 0 aliphatic heterocycles. The zero-order chi connectivity index (χ0) is 6.83. The molecule has 0 atom stereocenters. The van der Waals surface area contributed by atoms with Crippen LogP contribution in [0.15, 0.2) is 0 Å². The molecule has 9 heavy (non-hydrogen) atoms. The van der Waals surface area contributed by atoms with Gasteiger partial charge in [-0.25, -0.2) is 0 Å². The summed E-state index contributed by atoms with van der Waals surface area (Å²) < 4.78 is 0. The van der Waals surface area contributed by atoms with Gasteiger partial charge in [0.25, 0.3) is 0 Å². The van der Waals surface area contributed by atoms with Gasteiger partial charge < -0.3 is 13.8 Å². The Morgan fingerprint density at radius 1 is 0.889 bits per heavy atom. The number of hydrogen-bond donors (Lipinski definition) is 0. The monoisotopic (exact) mass is 123 g/mol. The summed E-state index contributed by atoms with van der Waals surface area (Å²) in [5, 5.41) is 0. The Kier molecular flexibility index (Phi) is 43.2. The predicted octanol–water partition coefficient (Wildman–Crippen LogP) is 2.86. The summed E-state index contributed by atoms with van der Waals surface area (Å²) in [6.45, 7) is 11.4. The van der Waals surface area contributed by atoms with E-state index in [9.17, 15) is 0 Å². The molecule has 0 bridgehead atoms. The third-order valence-electron chi connectivity index (χ3n) is 0.707. The van der Waals surface area contributed by atoms with Gasteiger partial charge in [0, 0.05) is 0 Å². The molecule has 0 N–H and O–H groups in total. The topological polar surface area (TPSA) is 0 Å². The molecule has 0 saturated heterocycles. The van der Waals surface area contributed by atoms with Crippen LogP contribution in [0.3, 0.4) is 0 Å². The van der Waals surface area contributed by atoms with Crippen LogP contribution in [0.25, 0.3) is 0 Å². The van der Waals surface area contributed by atoms with Gasteiger partial charge in [-0.2, -0.15) is 12.8 Å². The summed E-state index contributed by atoms with van der Waals surface area (Å²) in [7, 11) is 0. The largest absolute Gasteiger partial charge is 2.00 e. The van der Waals surface area contributed by atoms with Gasteiger partial charge in [-0.1, -0.05) is 26.7 Å². The molecule has 0 aliphatic rings. The molecule has 52 valence electrons. The maximum absolute atomic E-state index is 3.60. The van der Waals surface area contributed by atoms with Gasteiger partial charge in [-0.3, -0.25) is 0 Å². The first-order valence-corrected chi connectivity index (χ1v) is 3.41. The minimum Gasteiger partial charge on any atom is -0.343 e. The van der Waals surface area contributed by atoms with Crippen LogP contribution in [0, 0.1) is 13.8 Å². The van der Waals surface area contributed by atoms with Crippen molar-refractivity contribution in [1.82, 2.24) is 0 Å². The summed E-state index contributed by atoms with van der Waals surface area (Å²) in [5.74, 6) is 0. The molecule has 0 aromatic carbocycles. The molecule has 0 radical (unpaired) electrons. The van der Waals surface area contributed by atoms with E-state index in [4.69, 9.17) is 0 Å². The summed E-state index contributed by atoms with van der Waals surface area (Å²) in [4.78, 5) is 0. The van der Waals surface area contributed by atoms with Crippen molar-refractivity contribution >= 4 is 10.1 Å². The minimum atomic E-state index is 0. The Morgan fingerprint density at radius 3 is 1.00 bits per heavy atom. The second-order valence-corrected chi connectivity index (χ2v) is 1.71. The van der Waals surface area contributed by atoms with Crippen LogP contribution >= 0.6 is 0 Å². The van der Waals surface area contributed by atoms with Crippen molar-refractivity contribution in [2.45, 2.75) is 39.5 Å². The summed E-state index contributed by atoms with van der Waals surface area (Å²) in [6.07, 6.45) is 4.56. The Morgan fingerprint density at radius 2 is 1.00 bits per heavy atom. The van der Waals surface area contributed by atoms with Gasteiger partial charge in [-0.15, -0.1) is 0 Å². The standard InChI is InChI=1S/2C4H9.Be/c2*1-3-4-2;/h2*1,3-4H2,2H3;/q2*-1;+2. The van der Waals surface area contributed by atoms with E-state index in [1.807, 2.05) is 0 Å². The fraction of sp³-hybridized carbons (Fsp3) is 0.750. The van der Waals surface area contributed by atoms with Crippen LogP contribution in [0.4, 0.5) is 0 Å².